The fraction of sp³-hybridized carbons (Fsp3) is 0.478. The molecule has 2 heterocycles. The topological polar surface area (TPSA) is 69.0 Å². The maximum atomic E-state index is 5.67. The number of aromatic nitrogens is 2. The molecule has 6 nitrogen and oxygen atoms in total. The van der Waals surface area contributed by atoms with Crippen molar-refractivity contribution in [1.82, 2.24) is 9.97 Å². The van der Waals surface area contributed by atoms with Crippen LogP contribution in [0.5, 0.6) is 0 Å². The molecule has 0 aliphatic heterocycles. The molecule has 2 aliphatic rings. The average molecular weight is 393 g/mol. The van der Waals surface area contributed by atoms with E-state index >= 15 is 0 Å². The molecule has 0 saturated heterocycles. The molecular formula is C23H28N4O2. The molecule has 0 amide bonds. The molecule has 0 spiro atoms. The Morgan fingerprint density at radius 1 is 0.793 bits per heavy atom. The Balaban J connectivity index is 1.30. The van der Waals surface area contributed by atoms with Gasteiger partial charge in [-0.2, -0.15) is 0 Å². The van der Waals surface area contributed by atoms with Gasteiger partial charge in [0.2, 0.25) is 0 Å². The van der Waals surface area contributed by atoms with Gasteiger partial charge in [-0.3, -0.25) is 9.97 Å². The van der Waals surface area contributed by atoms with Crippen molar-refractivity contribution in [2.24, 2.45) is 16.2 Å². The molecule has 0 radical (unpaired) electrons. The van der Waals surface area contributed by atoms with Crippen molar-refractivity contribution >= 4 is 11.4 Å². The van der Waals surface area contributed by atoms with Crippen molar-refractivity contribution in [3.8, 4) is 0 Å². The van der Waals surface area contributed by atoms with Gasteiger partial charge in [0.25, 0.3) is 0 Å². The van der Waals surface area contributed by atoms with Gasteiger partial charge < -0.3 is 9.68 Å². The molecule has 29 heavy (non-hydrogen) atoms. The number of pyridine rings is 2. The van der Waals surface area contributed by atoms with Gasteiger partial charge in [-0.15, -0.1) is 0 Å². The van der Waals surface area contributed by atoms with Crippen LogP contribution >= 0.6 is 0 Å². The second-order valence-electron chi connectivity index (χ2n) is 7.86. The number of hydrogen-bond donors (Lipinski definition) is 0. The van der Waals surface area contributed by atoms with Crippen molar-refractivity contribution in [3.05, 3.63) is 58.2 Å². The van der Waals surface area contributed by atoms with Crippen LogP contribution in [-0.2, 0) is 22.5 Å². The molecule has 0 saturated carbocycles. The molecule has 2 aromatic heterocycles. The average Bonchev–Trinajstić information content (AvgIpc) is 3.30. The minimum Gasteiger partial charge on any atom is -0.395 e. The van der Waals surface area contributed by atoms with E-state index in [-0.39, 0.29) is 5.92 Å². The molecule has 0 aromatic carbocycles. The summed E-state index contributed by atoms with van der Waals surface area (Å²) < 4.78 is 0. The lowest BCUT2D eigenvalue weighted by molar-refractivity contribution is 0.0425. The molecule has 0 fully saturated rings. The van der Waals surface area contributed by atoms with Gasteiger partial charge in [0, 0.05) is 17.3 Å². The molecule has 4 rings (SSSR count). The maximum absolute atomic E-state index is 5.67. The lowest BCUT2D eigenvalue weighted by Crippen LogP contribution is -2.14. The van der Waals surface area contributed by atoms with Crippen molar-refractivity contribution in [3.63, 3.8) is 0 Å². The van der Waals surface area contributed by atoms with Gasteiger partial charge in [-0.05, 0) is 69.2 Å². The Morgan fingerprint density at radius 3 is 1.72 bits per heavy atom. The molecule has 2 aliphatic carbocycles. The number of oxime groups is 2. The zero-order chi connectivity index (χ0) is 20.2. The van der Waals surface area contributed by atoms with Crippen LogP contribution in [0.3, 0.4) is 0 Å². The number of rotatable bonds is 7. The molecule has 0 atom stereocenters. The molecule has 2 aromatic rings. The first-order chi connectivity index (χ1) is 14.1. The first kappa shape index (κ1) is 19.6. The number of hydrogen-bond acceptors (Lipinski definition) is 6. The molecule has 6 heteroatoms. The van der Waals surface area contributed by atoms with E-state index in [2.05, 4.69) is 39.3 Å². The Bertz CT molecular complexity index is 876. The van der Waals surface area contributed by atoms with Gasteiger partial charge >= 0.3 is 0 Å². The predicted octanol–water partition coefficient (Wildman–Crippen LogP) is 4.15. The van der Waals surface area contributed by atoms with Crippen LogP contribution in [-0.4, -0.2) is 34.6 Å². The summed E-state index contributed by atoms with van der Waals surface area (Å²) in [5, 5.41) is 8.74. The molecule has 152 valence electrons. The van der Waals surface area contributed by atoms with E-state index in [0.29, 0.717) is 13.2 Å². The normalized spacial score (nSPS) is 17.8. The van der Waals surface area contributed by atoms with E-state index in [1.54, 1.807) is 0 Å². The van der Waals surface area contributed by atoms with Gasteiger partial charge in [0.05, 0.1) is 11.4 Å². The lowest BCUT2D eigenvalue weighted by Gasteiger charge is -2.12. The summed E-state index contributed by atoms with van der Waals surface area (Å²) in [5.41, 5.74) is 8.40. The molecule has 0 bridgehead atoms. The van der Waals surface area contributed by atoms with Crippen molar-refractivity contribution in [1.29, 1.82) is 0 Å². The van der Waals surface area contributed by atoms with Crippen LogP contribution < -0.4 is 0 Å². The third-order valence-corrected chi connectivity index (χ3v) is 5.59. The standard InChI is InChI=1S/C23H28N4O2/c1-4-17(13-28-26-20-11-9-18-7-5-15(2)24-22(18)20)14-29-27-21-12-10-19-8-6-16(3)25-23(19)21/h5-8,17H,4,9-14H2,1-3H3/b26-20+,27-21+. The van der Waals surface area contributed by atoms with Crippen LogP contribution in [0.4, 0.5) is 0 Å². The Hall–Kier alpha value is -2.76. The highest BCUT2D eigenvalue weighted by Crippen LogP contribution is 2.22. The first-order valence-electron chi connectivity index (χ1n) is 10.5. The minimum atomic E-state index is 0.237. The highest BCUT2D eigenvalue weighted by atomic mass is 16.6. The fourth-order valence-electron chi connectivity index (χ4n) is 3.72. The molecule has 0 unspecified atom stereocenters. The monoisotopic (exact) mass is 392 g/mol. The van der Waals surface area contributed by atoms with E-state index in [1.165, 1.54) is 11.1 Å². The first-order valence-corrected chi connectivity index (χ1v) is 10.5. The Morgan fingerprint density at radius 2 is 1.28 bits per heavy atom. The highest BCUT2D eigenvalue weighted by molar-refractivity contribution is 6.03. The van der Waals surface area contributed by atoms with E-state index in [0.717, 1.165) is 66.3 Å². The van der Waals surface area contributed by atoms with Crippen molar-refractivity contribution in [2.45, 2.75) is 52.9 Å². The largest absolute Gasteiger partial charge is 0.395 e. The summed E-state index contributed by atoms with van der Waals surface area (Å²) in [7, 11) is 0. The summed E-state index contributed by atoms with van der Waals surface area (Å²) >= 11 is 0. The third kappa shape index (κ3) is 4.47. The van der Waals surface area contributed by atoms with Crippen molar-refractivity contribution < 1.29 is 9.68 Å². The number of aryl methyl sites for hydroxylation is 4. The van der Waals surface area contributed by atoms with E-state index < -0.39 is 0 Å². The van der Waals surface area contributed by atoms with Crippen LogP contribution in [0.15, 0.2) is 34.6 Å². The van der Waals surface area contributed by atoms with Crippen LogP contribution in [0.1, 0.15) is 60.1 Å². The van der Waals surface area contributed by atoms with Crippen molar-refractivity contribution in [2.75, 3.05) is 13.2 Å². The summed E-state index contributed by atoms with van der Waals surface area (Å²) in [6, 6.07) is 8.38. The predicted molar refractivity (Wildman–Crippen MR) is 113 cm³/mol. The quantitative estimate of drug-likeness (QED) is 0.664. The van der Waals surface area contributed by atoms with E-state index in [9.17, 15) is 0 Å². The second-order valence-corrected chi connectivity index (χ2v) is 7.86. The van der Waals surface area contributed by atoms with Gasteiger partial charge in [-0.1, -0.05) is 29.4 Å². The lowest BCUT2D eigenvalue weighted by atomic mass is 10.1. The third-order valence-electron chi connectivity index (χ3n) is 5.59. The minimum absolute atomic E-state index is 0.237. The zero-order valence-corrected chi connectivity index (χ0v) is 17.4. The zero-order valence-electron chi connectivity index (χ0n) is 17.4. The van der Waals surface area contributed by atoms with Gasteiger partial charge in [0.15, 0.2) is 0 Å². The summed E-state index contributed by atoms with van der Waals surface area (Å²) in [5.74, 6) is 0.237. The Labute approximate surface area is 172 Å². The fourth-order valence-corrected chi connectivity index (χ4v) is 3.72. The van der Waals surface area contributed by atoms with E-state index in [4.69, 9.17) is 9.68 Å². The SMILES string of the molecule is CCC(CO/N=C1\CCc2ccc(C)nc21)CO/N=C1\CCc2ccc(C)nc21. The second kappa shape index (κ2) is 8.72. The van der Waals surface area contributed by atoms with Gasteiger partial charge in [-0.25, -0.2) is 0 Å². The van der Waals surface area contributed by atoms with E-state index in [1.807, 2.05) is 26.0 Å². The summed E-state index contributed by atoms with van der Waals surface area (Å²) in [4.78, 5) is 20.6. The Kier molecular flexibility index (Phi) is 5.88. The van der Waals surface area contributed by atoms with Crippen LogP contribution in [0.2, 0.25) is 0 Å². The van der Waals surface area contributed by atoms with Crippen LogP contribution in [0.25, 0.3) is 0 Å². The number of nitrogens with zero attached hydrogens (tertiary/aromatic N) is 4. The smallest absolute Gasteiger partial charge is 0.123 e. The highest BCUT2D eigenvalue weighted by Gasteiger charge is 2.21. The van der Waals surface area contributed by atoms with Crippen LogP contribution in [0, 0.1) is 19.8 Å². The molecule has 0 N–H and O–H groups in total. The molecular weight excluding hydrogens is 364 g/mol. The number of fused-ring (bicyclic) bond motifs is 2. The van der Waals surface area contributed by atoms with Gasteiger partial charge in [0.1, 0.15) is 24.6 Å². The maximum Gasteiger partial charge on any atom is 0.123 e. The summed E-state index contributed by atoms with van der Waals surface area (Å²) in [6.45, 7) is 7.16. The summed E-state index contributed by atoms with van der Waals surface area (Å²) in [6.07, 6.45) is 4.68.